The second-order valence-electron chi connectivity index (χ2n) is 1.89. The van der Waals surface area contributed by atoms with Gasteiger partial charge in [-0.1, -0.05) is 0 Å². The van der Waals surface area contributed by atoms with E-state index in [1.54, 1.807) is 4.41 Å². The van der Waals surface area contributed by atoms with Crippen LogP contribution in [0.1, 0.15) is 6.92 Å². The van der Waals surface area contributed by atoms with Gasteiger partial charge in [0.25, 0.3) is 0 Å². The first-order chi connectivity index (χ1) is 3.30. The van der Waals surface area contributed by atoms with Gasteiger partial charge in [-0.25, -0.2) is 0 Å². The van der Waals surface area contributed by atoms with Crippen LogP contribution in [-0.4, -0.2) is 14.3 Å². The Hall–Kier alpha value is 0.0229. The topological polar surface area (TPSA) is 0 Å². The van der Waals surface area contributed by atoms with Crippen molar-refractivity contribution in [2.45, 2.75) is 12.7 Å². The molecule has 0 aromatic rings. The van der Waals surface area contributed by atoms with Gasteiger partial charge in [0.15, 0.2) is 0 Å². The van der Waals surface area contributed by atoms with Crippen LogP contribution in [0.15, 0.2) is 21.5 Å². The average molecular weight is 154 g/mol. The summed E-state index contributed by atoms with van der Waals surface area (Å²) in [6.45, 7) is 2.23. The summed E-state index contributed by atoms with van der Waals surface area (Å²) >= 11 is -0.694. The van der Waals surface area contributed by atoms with E-state index in [0.29, 0.717) is 0 Å². The van der Waals surface area contributed by atoms with Gasteiger partial charge < -0.3 is 0 Å². The molecule has 37 valence electrons. The van der Waals surface area contributed by atoms with Crippen LogP contribution in [0.5, 0.6) is 0 Å². The Balaban J connectivity index is 2.69. The van der Waals surface area contributed by atoms with Crippen molar-refractivity contribution in [2.24, 2.45) is 0 Å². The third-order valence-corrected chi connectivity index (χ3v) is 5.73. The Kier molecular flexibility index (Phi) is 1.38. The molecule has 1 aliphatic heterocycles. The second kappa shape index (κ2) is 1.87. The molecule has 1 aliphatic rings. The minimum absolute atomic E-state index is 0.694. The summed E-state index contributed by atoms with van der Waals surface area (Å²) in [6.07, 6.45) is 4.42. The molecule has 0 N–H and O–H groups in total. The van der Waals surface area contributed by atoms with E-state index >= 15 is 0 Å². The Labute approximate surface area is 49.0 Å². The Morgan fingerprint density at radius 1 is 1.57 bits per heavy atom. The predicted octanol–water partition coefficient (Wildman–Crippen LogP) is 1.71. The number of hydrogen-bond donors (Lipinski definition) is 0. The van der Waals surface area contributed by atoms with Crippen molar-refractivity contribution >= 4 is 14.3 Å². The summed E-state index contributed by atoms with van der Waals surface area (Å²) in [4.78, 5) is 2.37. The van der Waals surface area contributed by atoms with Crippen LogP contribution >= 0.6 is 0 Å². The van der Waals surface area contributed by atoms with Gasteiger partial charge in [-0.15, -0.1) is 0 Å². The first kappa shape index (κ1) is 5.17. The van der Waals surface area contributed by atoms with Gasteiger partial charge in [-0.3, -0.25) is 0 Å². The summed E-state index contributed by atoms with van der Waals surface area (Å²) in [6, 6.07) is 0. The SMILES string of the molecule is C[C]1=CC=[CH][Ge]1[CH3]. The summed E-state index contributed by atoms with van der Waals surface area (Å²) < 4.78 is 1.64. The van der Waals surface area contributed by atoms with Crippen LogP contribution in [-0.2, 0) is 0 Å². The van der Waals surface area contributed by atoms with Crippen molar-refractivity contribution < 1.29 is 0 Å². The van der Waals surface area contributed by atoms with Gasteiger partial charge in [0.1, 0.15) is 0 Å². The van der Waals surface area contributed by atoms with Crippen LogP contribution in [0, 0.1) is 0 Å². The molecule has 0 aliphatic carbocycles. The van der Waals surface area contributed by atoms with Crippen molar-refractivity contribution in [3.63, 3.8) is 0 Å². The average Bonchev–Trinajstić information content (AvgIpc) is 1.91. The standard InChI is InChI=1S/C6H9Ge/c1-6-4-3-5-7(6)2/h3-5H,1-2H3. The molecule has 0 aromatic heterocycles. The van der Waals surface area contributed by atoms with E-state index in [-0.39, 0.29) is 0 Å². The first-order valence-electron chi connectivity index (χ1n) is 2.49. The van der Waals surface area contributed by atoms with E-state index in [0.717, 1.165) is 0 Å². The van der Waals surface area contributed by atoms with Crippen molar-refractivity contribution in [1.29, 1.82) is 0 Å². The summed E-state index contributed by atoms with van der Waals surface area (Å²) in [7, 11) is 0. The van der Waals surface area contributed by atoms with E-state index in [1.165, 1.54) is 0 Å². The van der Waals surface area contributed by atoms with Gasteiger partial charge >= 0.3 is 48.5 Å². The fourth-order valence-corrected chi connectivity index (χ4v) is 2.71. The van der Waals surface area contributed by atoms with Gasteiger partial charge in [0.05, 0.1) is 0 Å². The molecule has 0 fully saturated rings. The molecule has 0 bridgehead atoms. The van der Waals surface area contributed by atoms with Gasteiger partial charge in [-0.05, 0) is 0 Å². The van der Waals surface area contributed by atoms with Crippen LogP contribution in [0.3, 0.4) is 0 Å². The molecular weight excluding hydrogens is 145 g/mol. The van der Waals surface area contributed by atoms with Crippen molar-refractivity contribution in [3.8, 4) is 0 Å². The van der Waals surface area contributed by atoms with Crippen molar-refractivity contribution in [3.05, 3.63) is 21.5 Å². The van der Waals surface area contributed by atoms with Crippen molar-refractivity contribution in [1.82, 2.24) is 0 Å². The fourth-order valence-electron chi connectivity index (χ4n) is 0.600. The van der Waals surface area contributed by atoms with Crippen LogP contribution in [0.4, 0.5) is 0 Å². The molecule has 1 heteroatoms. The van der Waals surface area contributed by atoms with E-state index in [1.807, 2.05) is 0 Å². The summed E-state index contributed by atoms with van der Waals surface area (Å²) in [5.74, 6) is 2.37. The van der Waals surface area contributed by atoms with E-state index in [2.05, 4.69) is 29.7 Å². The number of allylic oxidation sites excluding steroid dienone is 3. The molecule has 0 spiro atoms. The zero-order chi connectivity index (χ0) is 5.28. The van der Waals surface area contributed by atoms with Crippen molar-refractivity contribution in [2.75, 3.05) is 0 Å². The van der Waals surface area contributed by atoms with Gasteiger partial charge in [0, 0.05) is 0 Å². The third kappa shape index (κ3) is 0.970. The van der Waals surface area contributed by atoms with Gasteiger partial charge in [0.2, 0.25) is 0 Å². The quantitative estimate of drug-likeness (QED) is 0.465. The zero-order valence-corrected chi connectivity index (χ0v) is 6.83. The monoisotopic (exact) mass is 155 g/mol. The Morgan fingerprint density at radius 3 is 2.43 bits per heavy atom. The number of rotatable bonds is 0. The molecule has 1 rings (SSSR count). The molecule has 0 atom stereocenters. The molecule has 0 aromatic carbocycles. The van der Waals surface area contributed by atoms with Crippen LogP contribution in [0.2, 0.25) is 5.76 Å². The minimum atomic E-state index is -0.694. The molecule has 0 unspecified atom stereocenters. The van der Waals surface area contributed by atoms with Crippen LogP contribution in [0.25, 0.3) is 0 Å². The van der Waals surface area contributed by atoms with Crippen LogP contribution < -0.4 is 0 Å². The summed E-state index contributed by atoms with van der Waals surface area (Å²) in [5, 5.41) is 0. The normalized spacial score (nSPS) is 20.6. The zero-order valence-electron chi connectivity index (χ0n) is 4.73. The third-order valence-electron chi connectivity index (χ3n) is 1.31. The number of hydrogen-bond acceptors (Lipinski definition) is 0. The van der Waals surface area contributed by atoms with E-state index in [9.17, 15) is 0 Å². The van der Waals surface area contributed by atoms with E-state index < -0.39 is 14.3 Å². The molecule has 1 heterocycles. The summed E-state index contributed by atoms with van der Waals surface area (Å²) in [5.41, 5.74) is 0. The molecule has 7 heavy (non-hydrogen) atoms. The second-order valence-corrected chi connectivity index (χ2v) is 7.11. The molecule has 0 saturated carbocycles. The van der Waals surface area contributed by atoms with E-state index in [4.69, 9.17) is 0 Å². The molecule has 0 nitrogen and oxygen atoms in total. The molecule has 0 saturated heterocycles. The molecule has 0 amide bonds. The maximum atomic E-state index is 2.37. The fraction of sp³-hybridized carbons (Fsp3) is 0.333. The molecular formula is C6H9Ge. The Morgan fingerprint density at radius 2 is 2.29 bits per heavy atom. The predicted molar refractivity (Wildman–Crippen MR) is 34.5 cm³/mol. The van der Waals surface area contributed by atoms with Gasteiger partial charge in [-0.2, -0.15) is 0 Å². The maximum absolute atomic E-state index is 2.37. The first-order valence-corrected chi connectivity index (χ1v) is 6.85. The Bertz CT molecular complexity index is 122. The molecule has 1 radical (unpaired) electrons.